The van der Waals surface area contributed by atoms with Gasteiger partial charge in [-0.3, -0.25) is 5.43 Å². The predicted molar refractivity (Wildman–Crippen MR) is 106 cm³/mol. The largest absolute Gasteiger partial charge is 0.496 e. The second kappa shape index (κ2) is 9.47. The Hall–Kier alpha value is -3.00. The van der Waals surface area contributed by atoms with Crippen molar-refractivity contribution in [1.29, 1.82) is 0 Å². The van der Waals surface area contributed by atoms with Gasteiger partial charge in [-0.2, -0.15) is 5.10 Å². The Morgan fingerprint density at radius 3 is 2.12 bits per heavy atom. The van der Waals surface area contributed by atoms with Gasteiger partial charge in [-0.1, -0.05) is 12.1 Å². The van der Waals surface area contributed by atoms with Gasteiger partial charge in [0.05, 0.1) is 45.9 Å². The first kappa shape index (κ1) is 19.3. The highest BCUT2D eigenvalue weighted by Gasteiger charge is 2.11. The van der Waals surface area contributed by atoms with Crippen LogP contribution in [0.2, 0.25) is 0 Å². The van der Waals surface area contributed by atoms with Crippen LogP contribution in [0.5, 0.6) is 23.0 Å². The molecule has 0 atom stereocenters. The maximum absolute atomic E-state index is 5.37. The molecular formula is C18H21N3O4S. The molecule has 0 aliphatic carbocycles. The number of rotatable bonds is 7. The van der Waals surface area contributed by atoms with E-state index in [0.717, 1.165) is 5.69 Å². The quantitative estimate of drug-likeness (QED) is 0.438. The minimum Gasteiger partial charge on any atom is -0.496 e. The van der Waals surface area contributed by atoms with E-state index in [2.05, 4.69) is 15.8 Å². The van der Waals surface area contributed by atoms with E-state index in [0.29, 0.717) is 33.7 Å². The van der Waals surface area contributed by atoms with Gasteiger partial charge in [0.25, 0.3) is 0 Å². The second-order valence-corrected chi connectivity index (χ2v) is 5.38. The lowest BCUT2D eigenvalue weighted by atomic mass is 10.2. The van der Waals surface area contributed by atoms with Crippen molar-refractivity contribution in [1.82, 2.24) is 5.43 Å². The number of ether oxygens (including phenoxy) is 4. The molecule has 0 aliphatic rings. The number of nitrogens with one attached hydrogen (secondary N) is 2. The van der Waals surface area contributed by atoms with Crippen molar-refractivity contribution in [3.8, 4) is 23.0 Å². The van der Waals surface area contributed by atoms with E-state index >= 15 is 0 Å². The minimum atomic E-state index is 0.317. The summed E-state index contributed by atoms with van der Waals surface area (Å²) in [4.78, 5) is 0. The Labute approximate surface area is 157 Å². The topological polar surface area (TPSA) is 73.3 Å². The van der Waals surface area contributed by atoms with Crippen LogP contribution < -0.4 is 29.7 Å². The lowest BCUT2D eigenvalue weighted by Crippen LogP contribution is -2.24. The summed E-state index contributed by atoms with van der Waals surface area (Å²) < 4.78 is 21.2. The lowest BCUT2D eigenvalue weighted by Gasteiger charge is -2.13. The highest BCUT2D eigenvalue weighted by Crippen LogP contribution is 2.32. The smallest absolute Gasteiger partial charge is 0.191 e. The average molecular weight is 375 g/mol. The van der Waals surface area contributed by atoms with Crippen molar-refractivity contribution in [2.24, 2.45) is 5.10 Å². The average Bonchev–Trinajstić information content (AvgIpc) is 2.68. The Kier molecular flexibility index (Phi) is 7.04. The van der Waals surface area contributed by atoms with Crippen LogP contribution in [0, 0.1) is 0 Å². The summed E-state index contributed by atoms with van der Waals surface area (Å²) >= 11 is 5.25. The van der Waals surface area contributed by atoms with Crippen LogP contribution in [0.1, 0.15) is 5.56 Å². The molecule has 0 spiro atoms. The van der Waals surface area contributed by atoms with Gasteiger partial charge in [0.15, 0.2) is 5.11 Å². The predicted octanol–water partition coefficient (Wildman–Crippen LogP) is 3.04. The number of benzene rings is 2. The monoisotopic (exact) mass is 375 g/mol. The third kappa shape index (κ3) is 4.76. The molecule has 0 bridgehead atoms. The summed E-state index contributed by atoms with van der Waals surface area (Å²) in [5.74, 6) is 2.43. The van der Waals surface area contributed by atoms with Crippen LogP contribution >= 0.6 is 12.2 Å². The molecule has 138 valence electrons. The SMILES string of the molecule is COc1cc(OC)c(C=NNC(=S)Nc2ccccc2OC)c(OC)c1. The van der Waals surface area contributed by atoms with Gasteiger partial charge < -0.3 is 24.3 Å². The van der Waals surface area contributed by atoms with Gasteiger partial charge in [-0.15, -0.1) is 0 Å². The molecule has 7 nitrogen and oxygen atoms in total. The zero-order valence-electron chi connectivity index (χ0n) is 15.0. The fraction of sp³-hybridized carbons (Fsp3) is 0.222. The zero-order chi connectivity index (χ0) is 18.9. The first-order chi connectivity index (χ1) is 12.6. The first-order valence-corrected chi connectivity index (χ1v) is 8.06. The Balaban J connectivity index is 2.11. The molecule has 0 saturated carbocycles. The number of hydrogen-bond donors (Lipinski definition) is 2. The van der Waals surface area contributed by atoms with Crippen LogP contribution in [-0.2, 0) is 0 Å². The van der Waals surface area contributed by atoms with Gasteiger partial charge in [-0.05, 0) is 24.4 Å². The fourth-order valence-corrected chi connectivity index (χ4v) is 2.38. The van der Waals surface area contributed by atoms with Gasteiger partial charge in [0.2, 0.25) is 0 Å². The molecular weight excluding hydrogens is 354 g/mol. The van der Waals surface area contributed by atoms with Gasteiger partial charge >= 0.3 is 0 Å². The molecule has 0 aromatic heterocycles. The molecule has 0 fully saturated rings. The van der Waals surface area contributed by atoms with Crippen LogP contribution in [0.15, 0.2) is 41.5 Å². The lowest BCUT2D eigenvalue weighted by molar-refractivity contribution is 0.374. The number of anilines is 1. The van der Waals surface area contributed by atoms with Crippen molar-refractivity contribution in [2.45, 2.75) is 0 Å². The summed E-state index contributed by atoms with van der Waals surface area (Å²) in [6, 6.07) is 10.9. The third-order valence-electron chi connectivity index (χ3n) is 3.47. The van der Waals surface area contributed by atoms with Crippen molar-refractivity contribution < 1.29 is 18.9 Å². The van der Waals surface area contributed by atoms with Crippen LogP contribution in [0.25, 0.3) is 0 Å². The summed E-state index contributed by atoms with van der Waals surface area (Å²) in [5, 5.41) is 7.48. The van der Waals surface area contributed by atoms with Crippen molar-refractivity contribution in [3.05, 3.63) is 42.0 Å². The van der Waals surface area contributed by atoms with E-state index in [1.807, 2.05) is 24.3 Å². The van der Waals surface area contributed by atoms with Gasteiger partial charge in [0.1, 0.15) is 23.0 Å². The third-order valence-corrected chi connectivity index (χ3v) is 3.66. The van der Waals surface area contributed by atoms with E-state index in [9.17, 15) is 0 Å². The van der Waals surface area contributed by atoms with Crippen LogP contribution in [0.3, 0.4) is 0 Å². The summed E-state index contributed by atoms with van der Waals surface area (Å²) in [6.07, 6.45) is 1.56. The molecule has 0 radical (unpaired) electrons. The molecule has 2 aromatic carbocycles. The standard InChI is InChI=1S/C18H21N3O4S/c1-22-12-9-16(24-3)13(17(10-12)25-4)11-19-21-18(26)20-14-7-5-6-8-15(14)23-2/h5-11H,1-4H3,(H2,20,21,26). The van der Waals surface area contributed by atoms with Crippen molar-refractivity contribution in [2.75, 3.05) is 33.8 Å². The molecule has 0 saturated heterocycles. The van der Waals surface area contributed by atoms with Crippen LogP contribution in [-0.4, -0.2) is 39.8 Å². The van der Waals surface area contributed by atoms with Crippen molar-refractivity contribution in [3.63, 3.8) is 0 Å². The maximum Gasteiger partial charge on any atom is 0.191 e. The van der Waals surface area contributed by atoms with E-state index < -0.39 is 0 Å². The Morgan fingerprint density at radius 2 is 1.54 bits per heavy atom. The molecule has 0 unspecified atom stereocenters. The molecule has 2 rings (SSSR count). The molecule has 0 aliphatic heterocycles. The number of para-hydroxylation sites is 2. The number of hydrazone groups is 1. The molecule has 8 heteroatoms. The van der Waals surface area contributed by atoms with Gasteiger partial charge in [-0.25, -0.2) is 0 Å². The minimum absolute atomic E-state index is 0.317. The number of hydrogen-bond acceptors (Lipinski definition) is 6. The second-order valence-electron chi connectivity index (χ2n) is 4.97. The van der Waals surface area contributed by atoms with Gasteiger partial charge in [0, 0.05) is 12.1 Å². The maximum atomic E-state index is 5.37. The van der Waals surface area contributed by atoms with E-state index in [-0.39, 0.29) is 0 Å². The molecule has 2 N–H and O–H groups in total. The fourth-order valence-electron chi connectivity index (χ4n) is 2.21. The summed E-state index contributed by atoms with van der Waals surface area (Å²) in [6.45, 7) is 0. The molecule has 2 aromatic rings. The number of methoxy groups -OCH3 is 4. The first-order valence-electron chi connectivity index (χ1n) is 7.66. The number of nitrogens with zero attached hydrogens (tertiary/aromatic N) is 1. The highest BCUT2D eigenvalue weighted by molar-refractivity contribution is 7.80. The van der Waals surface area contributed by atoms with E-state index in [1.165, 1.54) is 0 Å². The van der Waals surface area contributed by atoms with Crippen LogP contribution in [0.4, 0.5) is 5.69 Å². The molecule has 26 heavy (non-hydrogen) atoms. The van der Waals surface area contributed by atoms with E-state index in [1.54, 1.807) is 46.8 Å². The number of thiocarbonyl (C=S) groups is 1. The van der Waals surface area contributed by atoms with Crippen molar-refractivity contribution >= 4 is 29.2 Å². The Morgan fingerprint density at radius 1 is 0.923 bits per heavy atom. The Bertz CT molecular complexity index is 771. The normalized spacial score (nSPS) is 10.3. The van der Waals surface area contributed by atoms with E-state index in [4.69, 9.17) is 31.2 Å². The highest BCUT2D eigenvalue weighted by atomic mass is 32.1. The molecule has 0 amide bonds. The summed E-state index contributed by atoms with van der Waals surface area (Å²) in [7, 11) is 6.29. The zero-order valence-corrected chi connectivity index (χ0v) is 15.8. The molecule has 0 heterocycles. The summed E-state index contributed by atoms with van der Waals surface area (Å²) in [5.41, 5.74) is 4.15.